The average Bonchev–Trinajstić information content (AvgIpc) is 2.32. The number of aromatic nitrogens is 1. The number of aliphatic hydroxyl groups excluding tert-OH is 1. The molecule has 0 bridgehead atoms. The highest BCUT2D eigenvalue weighted by Gasteiger charge is 2.18. The van der Waals surface area contributed by atoms with E-state index in [9.17, 15) is 0 Å². The van der Waals surface area contributed by atoms with E-state index in [0.29, 0.717) is 17.7 Å². The smallest absolute Gasteiger partial charge is 0.129 e. The Morgan fingerprint density at radius 2 is 2.38 bits per heavy atom. The molecule has 0 radical (unpaired) electrons. The van der Waals surface area contributed by atoms with Gasteiger partial charge < -0.3 is 5.11 Å². The fraction of sp³-hybridized carbons (Fsp3) is 0.583. The highest BCUT2D eigenvalue weighted by Crippen LogP contribution is 2.18. The first-order chi connectivity index (χ1) is 7.78. The highest BCUT2D eigenvalue weighted by atomic mass is 35.5. The Balaban J connectivity index is 1.91. The molecule has 1 aliphatic heterocycles. The van der Waals surface area contributed by atoms with Crippen LogP contribution in [0.1, 0.15) is 18.4 Å². The summed E-state index contributed by atoms with van der Waals surface area (Å²) in [7, 11) is 0. The monoisotopic (exact) mass is 240 g/mol. The van der Waals surface area contributed by atoms with Gasteiger partial charge in [0.15, 0.2) is 0 Å². The third-order valence-corrected chi connectivity index (χ3v) is 3.28. The minimum absolute atomic E-state index is 0.301. The Morgan fingerprint density at radius 3 is 3.06 bits per heavy atom. The predicted octanol–water partition coefficient (Wildman–Crippen LogP) is 1.94. The number of nitrogens with zero attached hydrogens (tertiary/aromatic N) is 2. The van der Waals surface area contributed by atoms with Crippen molar-refractivity contribution in [3.05, 3.63) is 29.0 Å². The first kappa shape index (κ1) is 11.8. The summed E-state index contributed by atoms with van der Waals surface area (Å²) in [4.78, 5) is 6.44. The molecule has 1 saturated heterocycles. The molecule has 1 atom stereocenters. The molecule has 4 heteroatoms. The van der Waals surface area contributed by atoms with Crippen LogP contribution < -0.4 is 0 Å². The van der Waals surface area contributed by atoms with Gasteiger partial charge in [-0.2, -0.15) is 0 Å². The average molecular weight is 241 g/mol. The van der Waals surface area contributed by atoms with Crippen LogP contribution in [0.2, 0.25) is 5.15 Å². The number of halogens is 1. The second kappa shape index (κ2) is 5.62. The molecule has 3 nitrogen and oxygen atoms in total. The molecule has 1 aromatic rings. The molecule has 0 aromatic carbocycles. The van der Waals surface area contributed by atoms with Crippen molar-refractivity contribution in [3.8, 4) is 0 Å². The van der Waals surface area contributed by atoms with Crippen molar-refractivity contribution in [2.75, 3.05) is 19.7 Å². The van der Waals surface area contributed by atoms with E-state index in [1.54, 1.807) is 0 Å². The molecule has 1 unspecified atom stereocenters. The molecule has 1 aromatic heterocycles. The Labute approximate surface area is 101 Å². The molecule has 1 fully saturated rings. The molecule has 0 spiro atoms. The number of hydrogen-bond acceptors (Lipinski definition) is 3. The van der Waals surface area contributed by atoms with Gasteiger partial charge in [0.05, 0.1) is 0 Å². The minimum Gasteiger partial charge on any atom is -0.396 e. The molecule has 0 amide bonds. The third-order valence-electron chi connectivity index (χ3n) is 3.06. The van der Waals surface area contributed by atoms with Crippen molar-refractivity contribution in [2.45, 2.75) is 19.4 Å². The predicted molar refractivity (Wildman–Crippen MR) is 64.3 cm³/mol. The van der Waals surface area contributed by atoms with Gasteiger partial charge in [-0.3, -0.25) is 4.90 Å². The number of pyridine rings is 1. The standard InChI is InChI=1S/C12H17ClN2O/c13-12-4-3-10(6-14-12)7-15-5-1-2-11(8-15)9-16/h3-4,6,11,16H,1-2,5,7-9H2. The highest BCUT2D eigenvalue weighted by molar-refractivity contribution is 6.29. The molecular weight excluding hydrogens is 224 g/mol. The summed E-state index contributed by atoms with van der Waals surface area (Å²) < 4.78 is 0. The lowest BCUT2D eigenvalue weighted by Gasteiger charge is -2.31. The molecule has 1 aliphatic rings. The summed E-state index contributed by atoms with van der Waals surface area (Å²) in [5.74, 6) is 0.439. The fourth-order valence-corrected chi connectivity index (χ4v) is 2.31. The van der Waals surface area contributed by atoms with E-state index in [1.807, 2.05) is 18.3 Å². The molecule has 1 N–H and O–H groups in total. The van der Waals surface area contributed by atoms with Gasteiger partial charge in [0.1, 0.15) is 5.15 Å². The summed E-state index contributed by atoms with van der Waals surface area (Å²) in [6.07, 6.45) is 4.14. The van der Waals surface area contributed by atoms with Crippen LogP contribution in [0.4, 0.5) is 0 Å². The maximum atomic E-state index is 9.15. The van der Waals surface area contributed by atoms with Gasteiger partial charge >= 0.3 is 0 Å². The van der Waals surface area contributed by atoms with E-state index >= 15 is 0 Å². The number of rotatable bonds is 3. The van der Waals surface area contributed by atoms with E-state index in [-0.39, 0.29) is 0 Å². The second-order valence-corrected chi connectivity index (χ2v) is 4.80. The molecule has 88 valence electrons. The molecular formula is C12H17ClN2O. The van der Waals surface area contributed by atoms with E-state index in [2.05, 4.69) is 9.88 Å². The van der Waals surface area contributed by atoms with Crippen LogP contribution in [-0.2, 0) is 6.54 Å². The van der Waals surface area contributed by atoms with Crippen molar-refractivity contribution in [3.63, 3.8) is 0 Å². The molecule has 0 saturated carbocycles. The van der Waals surface area contributed by atoms with Crippen molar-refractivity contribution >= 4 is 11.6 Å². The summed E-state index contributed by atoms with van der Waals surface area (Å²) in [6, 6.07) is 3.84. The Bertz CT molecular complexity index is 328. The van der Waals surface area contributed by atoms with E-state index in [0.717, 1.165) is 26.1 Å². The number of hydrogen-bond donors (Lipinski definition) is 1. The second-order valence-electron chi connectivity index (χ2n) is 4.42. The SMILES string of the molecule is OCC1CCCN(Cc2ccc(Cl)nc2)C1. The number of aliphatic hydroxyl groups is 1. The Morgan fingerprint density at radius 1 is 1.50 bits per heavy atom. The van der Waals surface area contributed by atoms with Crippen molar-refractivity contribution in [1.82, 2.24) is 9.88 Å². The lowest BCUT2D eigenvalue weighted by atomic mass is 9.99. The zero-order chi connectivity index (χ0) is 11.4. The fourth-order valence-electron chi connectivity index (χ4n) is 2.20. The quantitative estimate of drug-likeness (QED) is 0.821. The first-order valence-electron chi connectivity index (χ1n) is 5.71. The van der Waals surface area contributed by atoms with Gasteiger partial charge in [0.2, 0.25) is 0 Å². The maximum Gasteiger partial charge on any atom is 0.129 e. The van der Waals surface area contributed by atoms with Crippen molar-refractivity contribution in [1.29, 1.82) is 0 Å². The van der Waals surface area contributed by atoms with Crippen LogP contribution in [-0.4, -0.2) is 34.7 Å². The van der Waals surface area contributed by atoms with Crippen LogP contribution in [0.15, 0.2) is 18.3 Å². The maximum absolute atomic E-state index is 9.15. The summed E-state index contributed by atoms with van der Waals surface area (Å²) in [5.41, 5.74) is 1.18. The van der Waals surface area contributed by atoms with Gasteiger partial charge in [0, 0.05) is 25.9 Å². The third kappa shape index (κ3) is 3.17. The molecule has 2 heterocycles. The lowest BCUT2D eigenvalue weighted by Crippen LogP contribution is -2.36. The summed E-state index contributed by atoms with van der Waals surface area (Å²) in [5, 5.41) is 9.69. The van der Waals surface area contributed by atoms with Crippen LogP contribution in [0.3, 0.4) is 0 Å². The first-order valence-corrected chi connectivity index (χ1v) is 6.09. The zero-order valence-electron chi connectivity index (χ0n) is 9.27. The largest absolute Gasteiger partial charge is 0.396 e. The van der Waals surface area contributed by atoms with Gasteiger partial charge in [-0.15, -0.1) is 0 Å². The van der Waals surface area contributed by atoms with Crippen LogP contribution in [0.5, 0.6) is 0 Å². The van der Waals surface area contributed by atoms with Crippen molar-refractivity contribution in [2.24, 2.45) is 5.92 Å². The normalized spacial score (nSPS) is 22.2. The van der Waals surface area contributed by atoms with E-state index < -0.39 is 0 Å². The van der Waals surface area contributed by atoms with Gasteiger partial charge in [-0.25, -0.2) is 4.98 Å². The van der Waals surface area contributed by atoms with Gasteiger partial charge in [-0.1, -0.05) is 17.7 Å². The number of piperidine rings is 1. The zero-order valence-corrected chi connectivity index (χ0v) is 10.0. The van der Waals surface area contributed by atoms with Gasteiger partial charge in [-0.05, 0) is 36.9 Å². The van der Waals surface area contributed by atoms with Crippen molar-refractivity contribution < 1.29 is 5.11 Å². The number of likely N-dealkylation sites (tertiary alicyclic amines) is 1. The minimum atomic E-state index is 0.301. The van der Waals surface area contributed by atoms with E-state index in [4.69, 9.17) is 16.7 Å². The van der Waals surface area contributed by atoms with Crippen LogP contribution >= 0.6 is 11.6 Å². The molecule has 16 heavy (non-hydrogen) atoms. The summed E-state index contributed by atoms with van der Waals surface area (Å²) >= 11 is 5.74. The Hall–Kier alpha value is -0.640. The summed E-state index contributed by atoms with van der Waals surface area (Å²) in [6.45, 7) is 3.30. The topological polar surface area (TPSA) is 36.4 Å². The van der Waals surface area contributed by atoms with E-state index in [1.165, 1.54) is 12.0 Å². The molecule has 0 aliphatic carbocycles. The molecule has 2 rings (SSSR count). The van der Waals surface area contributed by atoms with Gasteiger partial charge in [0.25, 0.3) is 0 Å². The Kier molecular flexibility index (Phi) is 4.16. The van der Waals surface area contributed by atoms with Crippen LogP contribution in [0.25, 0.3) is 0 Å². The van der Waals surface area contributed by atoms with Crippen LogP contribution in [0, 0.1) is 5.92 Å². The lowest BCUT2D eigenvalue weighted by molar-refractivity contribution is 0.116.